The minimum Gasteiger partial charge on any atom is -0.448 e. The predicted molar refractivity (Wildman–Crippen MR) is 93.6 cm³/mol. The number of halogens is 1. The molecule has 1 aliphatic rings. The lowest BCUT2D eigenvalue weighted by Crippen LogP contribution is -2.29. The van der Waals surface area contributed by atoms with Crippen molar-refractivity contribution in [1.82, 2.24) is 20.1 Å². The predicted octanol–water partition coefficient (Wildman–Crippen LogP) is 1.88. The van der Waals surface area contributed by atoms with Gasteiger partial charge in [0.2, 0.25) is 5.89 Å². The number of carbonyl (C=O) groups is 1. The van der Waals surface area contributed by atoms with Crippen molar-refractivity contribution in [2.75, 3.05) is 13.1 Å². The van der Waals surface area contributed by atoms with Gasteiger partial charge < -0.3 is 14.4 Å². The smallest absolute Gasteiger partial charge is 0.276 e. The summed E-state index contributed by atoms with van der Waals surface area (Å²) < 4.78 is 18.7. The van der Waals surface area contributed by atoms with Crippen molar-refractivity contribution in [3.05, 3.63) is 66.0 Å². The van der Waals surface area contributed by atoms with Crippen molar-refractivity contribution in [3.8, 4) is 11.3 Å². The van der Waals surface area contributed by atoms with Gasteiger partial charge in [-0.25, -0.2) is 9.37 Å². The van der Waals surface area contributed by atoms with Gasteiger partial charge in [-0.2, -0.15) is 10.2 Å². The maximum Gasteiger partial charge on any atom is 0.276 e. The molecule has 7 nitrogen and oxygen atoms in total. The molecule has 1 aliphatic heterocycles. The van der Waals surface area contributed by atoms with E-state index in [0.717, 1.165) is 11.3 Å². The zero-order valence-electron chi connectivity index (χ0n) is 14.3. The molecule has 1 N–H and O–H groups in total. The lowest BCUT2D eigenvalue weighted by atomic mass is 10.1. The molecule has 27 heavy (non-hydrogen) atoms. The van der Waals surface area contributed by atoms with Gasteiger partial charge in [0.05, 0.1) is 30.9 Å². The van der Waals surface area contributed by atoms with E-state index in [1.54, 1.807) is 0 Å². The van der Waals surface area contributed by atoms with Crippen molar-refractivity contribution in [3.63, 3.8) is 0 Å². The highest BCUT2D eigenvalue weighted by atomic mass is 19.1. The first-order chi connectivity index (χ1) is 13.1. The molecule has 0 bridgehead atoms. The summed E-state index contributed by atoms with van der Waals surface area (Å²) in [6, 6.07) is 13.4. The number of aliphatic hydroxyl groups is 1. The van der Waals surface area contributed by atoms with Gasteiger partial charge in [0.15, 0.2) is 5.69 Å². The Morgan fingerprint density at radius 2 is 2.00 bits per heavy atom. The van der Waals surface area contributed by atoms with Crippen LogP contribution in [0.2, 0.25) is 0 Å². The standard InChI is InChI=1S/C19H17FN4O3/c20-14-9-24(10-17(14)25)19(26)16-11-27-18(21-16)8-13-6-7-15(23-22-13)12-4-2-1-3-5-12/h1-7,11,14,17,25H,8-10H2/t14-,17-/m0/s1. The number of likely N-dealkylation sites (tertiary alicyclic amines) is 1. The minimum atomic E-state index is -1.43. The average molecular weight is 368 g/mol. The van der Waals surface area contributed by atoms with Crippen molar-refractivity contribution < 1.29 is 18.7 Å². The SMILES string of the molecule is O=C(c1coc(Cc2ccc(-c3ccccc3)nn2)n1)N1C[C@H](O)[C@@H](F)C1. The number of carbonyl (C=O) groups excluding carboxylic acids is 1. The van der Waals surface area contributed by atoms with Gasteiger partial charge in [0, 0.05) is 5.56 Å². The number of oxazole rings is 1. The first-order valence-corrected chi connectivity index (χ1v) is 8.54. The first-order valence-electron chi connectivity index (χ1n) is 8.54. The molecule has 3 aromatic rings. The third-order valence-corrected chi connectivity index (χ3v) is 4.40. The van der Waals surface area contributed by atoms with Crippen LogP contribution in [0.4, 0.5) is 4.39 Å². The highest BCUT2D eigenvalue weighted by Crippen LogP contribution is 2.18. The summed E-state index contributed by atoms with van der Waals surface area (Å²) in [5.74, 6) is -0.147. The van der Waals surface area contributed by atoms with E-state index in [-0.39, 0.29) is 25.2 Å². The lowest BCUT2D eigenvalue weighted by Gasteiger charge is -2.12. The fraction of sp³-hybridized carbons (Fsp3) is 0.263. The van der Waals surface area contributed by atoms with Crippen LogP contribution >= 0.6 is 0 Å². The number of aromatic nitrogens is 3. The van der Waals surface area contributed by atoms with E-state index < -0.39 is 18.2 Å². The van der Waals surface area contributed by atoms with Crippen LogP contribution in [0, 0.1) is 0 Å². The molecule has 0 spiro atoms. The van der Waals surface area contributed by atoms with Crippen molar-refractivity contribution in [2.24, 2.45) is 0 Å². The molecule has 1 fully saturated rings. The second-order valence-electron chi connectivity index (χ2n) is 6.37. The van der Waals surface area contributed by atoms with Crippen molar-refractivity contribution >= 4 is 5.91 Å². The van der Waals surface area contributed by atoms with Gasteiger partial charge in [-0.3, -0.25) is 4.79 Å². The molecule has 0 radical (unpaired) electrons. The molecule has 0 unspecified atom stereocenters. The normalized spacial score (nSPS) is 19.4. The van der Waals surface area contributed by atoms with Crippen LogP contribution in [-0.4, -0.2) is 56.5 Å². The van der Waals surface area contributed by atoms with Gasteiger partial charge in [-0.1, -0.05) is 30.3 Å². The van der Waals surface area contributed by atoms with Gasteiger partial charge in [0.25, 0.3) is 5.91 Å². The fourth-order valence-electron chi connectivity index (χ4n) is 2.94. The second-order valence-corrected chi connectivity index (χ2v) is 6.37. The van der Waals surface area contributed by atoms with Gasteiger partial charge in [-0.15, -0.1) is 0 Å². The number of benzene rings is 1. The number of aliphatic hydroxyl groups excluding tert-OH is 1. The summed E-state index contributed by atoms with van der Waals surface area (Å²) in [6.45, 7) is -0.191. The van der Waals surface area contributed by atoms with E-state index in [0.29, 0.717) is 11.6 Å². The van der Waals surface area contributed by atoms with Crippen LogP contribution in [0.25, 0.3) is 11.3 Å². The van der Waals surface area contributed by atoms with Crippen LogP contribution in [0.5, 0.6) is 0 Å². The highest BCUT2D eigenvalue weighted by Gasteiger charge is 2.35. The van der Waals surface area contributed by atoms with Crippen molar-refractivity contribution in [1.29, 1.82) is 0 Å². The summed E-state index contributed by atoms with van der Waals surface area (Å²) in [5, 5.41) is 17.8. The molecular formula is C19H17FN4O3. The van der Waals surface area contributed by atoms with Crippen LogP contribution in [0.1, 0.15) is 22.1 Å². The van der Waals surface area contributed by atoms with Gasteiger partial charge >= 0.3 is 0 Å². The first kappa shape index (κ1) is 17.3. The van der Waals surface area contributed by atoms with E-state index in [2.05, 4.69) is 15.2 Å². The Morgan fingerprint density at radius 3 is 2.67 bits per heavy atom. The van der Waals surface area contributed by atoms with Crippen molar-refractivity contribution in [2.45, 2.75) is 18.7 Å². The molecule has 2 atom stereocenters. The Bertz CT molecular complexity index is 920. The zero-order chi connectivity index (χ0) is 18.8. The molecule has 2 aromatic heterocycles. The molecule has 138 valence electrons. The summed E-state index contributed by atoms with van der Waals surface area (Å²) in [6.07, 6.45) is -1.07. The number of hydrogen-bond acceptors (Lipinski definition) is 6. The molecule has 1 amide bonds. The molecule has 1 saturated heterocycles. The van der Waals surface area contributed by atoms with Gasteiger partial charge in [0.1, 0.15) is 18.5 Å². The molecule has 0 aliphatic carbocycles. The molecular weight excluding hydrogens is 351 g/mol. The molecule has 0 saturated carbocycles. The van der Waals surface area contributed by atoms with Crippen LogP contribution in [-0.2, 0) is 6.42 Å². The fourth-order valence-corrected chi connectivity index (χ4v) is 2.94. The van der Waals surface area contributed by atoms with E-state index >= 15 is 0 Å². The molecule has 4 rings (SSSR count). The number of β-amino-alcohol motifs (C(OH)–C–C–N with tert-alkyl or cyclic N) is 1. The Balaban J connectivity index is 1.43. The molecule has 3 heterocycles. The largest absolute Gasteiger partial charge is 0.448 e. The Kier molecular flexibility index (Phi) is 4.64. The number of rotatable bonds is 4. The number of hydrogen-bond donors (Lipinski definition) is 1. The molecule has 8 heteroatoms. The van der Waals surface area contributed by atoms with E-state index in [9.17, 15) is 14.3 Å². The summed E-state index contributed by atoms with van der Waals surface area (Å²) in [4.78, 5) is 17.7. The third kappa shape index (κ3) is 3.70. The third-order valence-electron chi connectivity index (χ3n) is 4.40. The maximum absolute atomic E-state index is 13.4. The number of amides is 1. The summed E-state index contributed by atoms with van der Waals surface area (Å²) >= 11 is 0. The Labute approximate surface area is 154 Å². The second kappa shape index (κ2) is 7.24. The van der Waals surface area contributed by atoms with E-state index in [1.165, 1.54) is 11.2 Å². The Hall–Kier alpha value is -3.13. The highest BCUT2D eigenvalue weighted by molar-refractivity contribution is 5.92. The summed E-state index contributed by atoms with van der Waals surface area (Å²) in [5.41, 5.74) is 2.46. The number of alkyl halides is 1. The lowest BCUT2D eigenvalue weighted by molar-refractivity contribution is 0.0758. The van der Waals surface area contributed by atoms with Crippen LogP contribution in [0.15, 0.2) is 53.1 Å². The van der Waals surface area contributed by atoms with Crippen LogP contribution in [0.3, 0.4) is 0 Å². The van der Waals surface area contributed by atoms with Gasteiger partial charge in [-0.05, 0) is 12.1 Å². The Morgan fingerprint density at radius 1 is 1.19 bits per heavy atom. The average Bonchev–Trinajstić information content (AvgIpc) is 3.29. The minimum absolute atomic E-state index is 0.0470. The van der Waals surface area contributed by atoms with E-state index in [4.69, 9.17) is 4.42 Å². The monoisotopic (exact) mass is 368 g/mol. The molecule has 1 aromatic carbocycles. The quantitative estimate of drug-likeness (QED) is 0.756. The van der Waals surface area contributed by atoms with Crippen LogP contribution < -0.4 is 0 Å². The zero-order valence-corrected chi connectivity index (χ0v) is 14.3. The van der Waals surface area contributed by atoms with E-state index in [1.807, 2.05) is 42.5 Å². The maximum atomic E-state index is 13.4. The topological polar surface area (TPSA) is 92.3 Å². The number of nitrogens with zero attached hydrogens (tertiary/aromatic N) is 4. The summed E-state index contributed by atoms with van der Waals surface area (Å²) in [7, 11) is 0.